The van der Waals surface area contributed by atoms with Crippen molar-refractivity contribution in [1.82, 2.24) is 9.80 Å². The minimum absolute atomic E-state index is 0.642. The maximum Gasteiger partial charge on any atom is 0.0595 e. The summed E-state index contributed by atoms with van der Waals surface area (Å²) in [7, 11) is 0. The van der Waals surface area contributed by atoms with Gasteiger partial charge < -0.3 is 0 Å². The van der Waals surface area contributed by atoms with E-state index in [2.05, 4.69) is 15.9 Å². The molecule has 0 radical (unpaired) electrons. The average Bonchev–Trinajstić information content (AvgIpc) is 2.73. The van der Waals surface area contributed by atoms with Crippen LogP contribution in [0.15, 0.2) is 18.2 Å². The van der Waals surface area contributed by atoms with E-state index in [-0.39, 0.29) is 0 Å². The fourth-order valence-electron chi connectivity index (χ4n) is 3.32. The molecule has 19 heavy (non-hydrogen) atoms. The predicted octanol–water partition coefficient (Wildman–Crippen LogP) is 3.66. The Kier molecular flexibility index (Phi) is 4.33. The molecule has 1 unspecified atom stereocenters. The van der Waals surface area contributed by atoms with Crippen molar-refractivity contribution in [2.24, 2.45) is 0 Å². The van der Waals surface area contributed by atoms with Crippen LogP contribution in [0.1, 0.15) is 24.8 Å². The highest BCUT2D eigenvalue weighted by Crippen LogP contribution is 2.25. The largest absolute Gasteiger partial charge is 0.299 e. The van der Waals surface area contributed by atoms with Crippen LogP contribution in [0, 0.1) is 0 Å². The van der Waals surface area contributed by atoms with E-state index in [1.807, 2.05) is 12.1 Å². The third kappa shape index (κ3) is 3.25. The van der Waals surface area contributed by atoms with Crippen LogP contribution in [0.5, 0.6) is 0 Å². The molecule has 1 atom stereocenters. The van der Waals surface area contributed by atoms with Crippen LogP contribution in [-0.4, -0.2) is 42.0 Å². The summed E-state index contributed by atoms with van der Waals surface area (Å²) in [5.41, 5.74) is 1.26. The maximum atomic E-state index is 6.09. The van der Waals surface area contributed by atoms with Crippen molar-refractivity contribution in [3.05, 3.63) is 33.8 Å². The molecule has 0 saturated carbocycles. The van der Waals surface area contributed by atoms with Gasteiger partial charge in [-0.15, -0.1) is 0 Å². The third-order valence-corrected chi connectivity index (χ3v) is 5.02. The van der Waals surface area contributed by atoms with E-state index in [1.165, 1.54) is 51.0 Å². The lowest BCUT2D eigenvalue weighted by atomic mass is 10.1. The highest BCUT2D eigenvalue weighted by Gasteiger charge is 2.28. The summed E-state index contributed by atoms with van der Waals surface area (Å²) < 4.78 is 0. The maximum absolute atomic E-state index is 6.09. The van der Waals surface area contributed by atoms with Gasteiger partial charge in [-0.25, -0.2) is 0 Å². The van der Waals surface area contributed by atoms with Gasteiger partial charge in [0.25, 0.3) is 0 Å². The van der Waals surface area contributed by atoms with Gasteiger partial charge in [-0.1, -0.05) is 29.3 Å². The number of nitrogens with zero attached hydrogens (tertiary/aromatic N) is 2. The van der Waals surface area contributed by atoms with E-state index in [1.54, 1.807) is 0 Å². The van der Waals surface area contributed by atoms with Crippen molar-refractivity contribution >= 4 is 23.2 Å². The van der Waals surface area contributed by atoms with E-state index >= 15 is 0 Å². The van der Waals surface area contributed by atoms with Gasteiger partial charge in [-0.05, 0) is 56.6 Å². The molecule has 2 nitrogen and oxygen atoms in total. The second-order valence-electron chi connectivity index (χ2n) is 5.67. The molecule has 0 bridgehead atoms. The predicted molar refractivity (Wildman–Crippen MR) is 81.0 cm³/mol. The van der Waals surface area contributed by atoms with E-state index in [4.69, 9.17) is 23.2 Å². The Labute approximate surface area is 125 Å². The van der Waals surface area contributed by atoms with Crippen LogP contribution in [0.2, 0.25) is 10.0 Å². The van der Waals surface area contributed by atoms with E-state index < -0.39 is 0 Å². The summed E-state index contributed by atoms with van der Waals surface area (Å²) in [4.78, 5) is 5.23. The number of benzene rings is 1. The van der Waals surface area contributed by atoms with Gasteiger partial charge in [0.1, 0.15) is 0 Å². The Hall–Kier alpha value is -0.280. The van der Waals surface area contributed by atoms with E-state index in [9.17, 15) is 0 Å². The van der Waals surface area contributed by atoms with Gasteiger partial charge in [-0.2, -0.15) is 0 Å². The fourth-order valence-corrected chi connectivity index (χ4v) is 3.64. The molecule has 4 heteroatoms. The lowest BCUT2D eigenvalue weighted by Gasteiger charge is -2.25. The summed E-state index contributed by atoms with van der Waals surface area (Å²) in [6.45, 7) is 5.93. The number of fused-ring (bicyclic) bond motifs is 1. The van der Waals surface area contributed by atoms with Crippen molar-refractivity contribution in [3.8, 4) is 0 Å². The number of hydrogen-bond acceptors (Lipinski definition) is 2. The lowest BCUT2D eigenvalue weighted by molar-refractivity contribution is 0.215. The van der Waals surface area contributed by atoms with Crippen LogP contribution in [0.25, 0.3) is 0 Å². The molecular formula is C15H20Cl2N2. The molecule has 2 aliphatic rings. The van der Waals surface area contributed by atoms with Crippen molar-refractivity contribution in [2.45, 2.75) is 31.8 Å². The van der Waals surface area contributed by atoms with Crippen molar-refractivity contribution in [3.63, 3.8) is 0 Å². The second-order valence-corrected chi connectivity index (χ2v) is 6.48. The quantitative estimate of drug-likeness (QED) is 0.822. The fraction of sp³-hybridized carbons (Fsp3) is 0.600. The zero-order valence-corrected chi connectivity index (χ0v) is 12.6. The topological polar surface area (TPSA) is 6.48 Å². The Morgan fingerprint density at radius 2 is 1.89 bits per heavy atom. The first kappa shape index (κ1) is 13.7. The Bertz CT molecular complexity index is 450. The first-order valence-corrected chi connectivity index (χ1v) is 7.88. The Morgan fingerprint density at radius 3 is 2.74 bits per heavy atom. The van der Waals surface area contributed by atoms with Crippen molar-refractivity contribution in [2.75, 3.05) is 26.2 Å². The van der Waals surface area contributed by atoms with E-state index in [0.717, 1.165) is 12.6 Å². The van der Waals surface area contributed by atoms with E-state index in [0.29, 0.717) is 10.0 Å². The molecule has 2 aliphatic heterocycles. The second kappa shape index (κ2) is 6.01. The Morgan fingerprint density at radius 1 is 1.05 bits per heavy atom. The lowest BCUT2D eigenvalue weighted by Crippen LogP contribution is -2.36. The molecule has 2 heterocycles. The van der Waals surface area contributed by atoms with Gasteiger partial charge in [-0.3, -0.25) is 9.80 Å². The standard InChI is InChI=1S/C15H20Cl2N2/c16-14-5-4-12(9-15(14)17)10-18-6-2-8-19-7-1-3-13(19)11-18/h4-5,9,13H,1-3,6-8,10-11H2. The Balaban J connectivity index is 1.66. The van der Waals surface area contributed by atoms with Crippen LogP contribution < -0.4 is 0 Å². The molecule has 2 saturated heterocycles. The molecule has 104 valence electrons. The molecule has 0 spiro atoms. The molecule has 0 N–H and O–H groups in total. The van der Waals surface area contributed by atoms with Crippen LogP contribution in [0.4, 0.5) is 0 Å². The van der Waals surface area contributed by atoms with Crippen molar-refractivity contribution in [1.29, 1.82) is 0 Å². The first-order valence-electron chi connectivity index (χ1n) is 7.13. The summed E-state index contributed by atoms with van der Waals surface area (Å²) in [5, 5.41) is 1.31. The summed E-state index contributed by atoms with van der Waals surface area (Å²) >= 11 is 12.1. The van der Waals surface area contributed by atoms with Crippen LogP contribution in [-0.2, 0) is 6.54 Å². The zero-order valence-electron chi connectivity index (χ0n) is 11.1. The molecule has 0 amide bonds. The van der Waals surface area contributed by atoms with Gasteiger partial charge >= 0.3 is 0 Å². The minimum atomic E-state index is 0.642. The summed E-state index contributed by atoms with van der Waals surface area (Å²) in [6.07, 6.45) is 4.00. The van der Waals surface area contributed by atoms with Gasteiger partial charge in [0.2, 0.25) is 0 Å². The molecule has 1 aromatic rings. The number of halogens is 2. The monoisotopic (exact) mass is 298 g/mol. The molecule has 0 aromatic heterocycles. The van der Waals surface area contributed by atoms with Crippen molar-refractivity contribution < 1.29 is 0 Å². The molecular weight excluding hydrogens is 279 g/mol. The molecule has 3 rings (SSSR count). The molecule has 2 fully saturated rings. The van der Waals surface area contributed by atoms with Crippen LogP contribution >= 0.6 is 23.2 Å². The van der Waals surface area contributed by atoms with Gasteiger partial charge in [0.05, 0.1) is 10.0 Å². The minimum Gasteiger partial charge on any atom is -0.299 e. The number of rotatable bonds is 2. The van der Waals surface area contributed by atoms with Gasteiger partial charge in [0, 0.05) is 19.1 Å². The third-order valence-electron chi connectivity index (χ3n) is 4.28. The molecule has 0 aliphatic carbocycles. The van der Waals surface area contributed by atoms with Crippen LogP contribution in [0.3, 0.4) is 0 Å². The summed E-state index contributed by atoms with van der Waals surface area (Å²) in [6, 6.07) is 6.76. The average molecular weight is 299 g/mol. The first-order chi connectivity index (χ1) is 9.22. The SMILES string of the molecule is Clc1ccc(CN2CCCN3CCCC3C2)cc1Cl. The normalized spacial score (nSPS) is 25.3. The van der Waals surface area contributed by atoms with Gasteiger partial charge in [0.15, 0.2) is 0 Å². The highest BCUT2D eigenvalue weighted by atomic mass is 35.5. The summed E-state index contributed by atoms with van der Waals surface area (Å²) in [5.74, 6) is 0. The smallest absolute Gasteiger partial charge is 0.0595 e. The number of hydrogen-bond donors (Lipinski definition) is 0. The highest BCUT2D eigenvalue weighted by molar-refractivity contribution is 6.42. The molecule has 1 aromatic carbocycles. The zero-order chi connectivity index (χ0) is 13.2.